The third kappa shape index (κ3) is 5.81. The van der Waals surface area contributed by atoms with E-state index in [0.717, 1.165) is 0 Å². The van der Waals surface area contributed by atoms with Crippen LogP contribution >= 0.6 is 0 Å². The third-order valence-electron chi connectivity index (χ3n) is 3.13. The Kier molecular flexibility index (Phi) is 7.93. The van der Waals surface area contributed by atoms with Crippen molar-refractivity contribution in [1.82, 2.24) is 4.90 Å². The molecule has 0 fully saturated rings. The van der Waals surface area contributed by atoms with Gasteiger partial charge >= 0.3 is 0 Å². The van der Waals surface area contributed by atoms with Crippen molar-refractivity contribution in [3.8, 4) is 0 Å². The summed E-state index contributed by atoms with van der Waals surface area (Å²) in [5.41, 5.74) is 1.15. The lowest BCUT2D eigenvalue weighted by Crippen LogP contribution is -2.37. The van der Waals surface area contributed by atoms with Crippen LogP contribution in [0.5, 0.6) is 0 Å². The van der Waals surface area contributed by atoms with Gasteiger partial charge in [-0.25, -0.2) is 4.39 Å². The molecule has 0 saturated heterocycles. The number of amides is 1. The molecule has 0 heterocycles. The van der Waals surface area contributed by atoms with Crippen LogP contribution in [0.15, 0.2) is 18.2 Å². The summed E-state index contributed by atoms with van der Waals surface area (Å²) in [4.78, 5) is 14.2. The fourth-order valence-corrected chi connectivity index (χ4v) is 1.99. The minimum atomic E-state index is -0.334. The van der Waals surface area contributed by atoms with Crippen LogP contribution in [0.4, 0.5) is 4.39 Å². The monoisotopic (exact) mass is 297 g/mol. The molecule has 0 aromatic heterocycles. The van der Waals surface area contributed by atoms with Crippen molar-refractivity contribution >= 4 is 5.91 Å². The van der Waals surface area contributed by atoms with E-state index in [4.69, 9.17) is 9.47 Å². The summed E-state index contributed by atoms with van der Waals surface area (Å²) in [6, 6.07) is 4.21. The molecule has 1 amide bonds. The molecule has 1 aromatic carbocycles. The van der Waals surface area contributed by atoms with E-state index in [1.807, 2.05) is 13.8 Å². The van der Waals surface area contributed by atoms with Gasteiger partial charge in [0, 0.05) is 31.9 Å². The smallest absolute Gasteiger partial charge is 0.254 e. The van der Waals surface area contributed by atoms with Gasteiger partial charge in [-0.2, -0.15) is 0 Å². The van der Waals surface area contributed by atoms with Crippen LogP contribution < -0.4 is 0 Å². The Labute approximate surface area is 125 Å². The molecule has 0 spiro atoms. The normalized spacial score (nSPS) is 10.7. The second kappa shape index (κ2) is 9.47. The average molecular weight is 297 g/mol. The number of hydrogen-bond acceptors (Lipinski definition) is 3. The van der Waals surface area contributed by atoms with E-state index >= 15 is 0 Å². The molecule has 0 bridgehead atoms. The van der Waals surface area contributed by atoms with Crippen LogP contribution in [-0.4, -0.2) is 50.3 Å². The maximum Gasteiger partial charge on any atom is 0.254 e. The predicted molar refractivity (Wildman–Crippen MR) is 80.0 cm³/mol. The van der Waals surface area contributed by atoms with Crippen molar-refractivity contribution in [3.63, 3.8) is 0 Å². The first kappa shape index (κ1) is 17.6. The van der Waals surface area contributed by atoms with Crippen LogP contribution in [0.3, 0.4) is 0 Å². The van der Waals surface area contributed by atoms with Crippen LogP contribution in [0.25, 0.3) is 0 Å². The summed E-state index contributed by atoms with van der Waals surface area (Å²) < 4.78 is 23.8. The molecule has 0 saturated carbocycles. The number of halogens is 1. The standard InChI is InChI=1S/C16H24FNO3/c1-4-20-10-8-18(9-11-21-5-2)16(19)15-7-6-14(17)12-13(15)3/h6-7,12H,4-5,8-11H2,1-3H3. The maximum absolute atomic E-state index is 13.1. The van der Waals surface area contributed by atoms with E-state index in [0.29, 0.717) is 50.6 Å². The highest BCUT2D eigenvalue weighted by Gasteiger charge is 2.17. The number of carbonyl (C=O) groups excluding carboxylic acids is 1. The summed E-state index contributed by atoms with van der Waals surface area (Å²) in [6.07, 6.45) is 0. The lowest BCUT2D eigenvalue weighted by atomic mass is 10.1. The van der Waals surface area contributed by atoms with Crippen molar-refractivity contribution in [3.05, 3.63) is 35.1 Å². The van der Waals surface area contributed by atoms with Gasteiger partial charge < -0.3 is 14.4 Å². The van der Waals surface area contributed by atoms with Gasteiger partial charge in [0.2, 0.25) is 0 Å². The van der Waals surface area contributed by atoms with E-state index in [2.05, 4.69) is 0 Å². The van der Waals surface area contributed by atoms with Gasteiger partial charge in [0.1, 0.15) is 5.82 Å². The Bertz CT molecular complexity index is 441. The molecule has 5 heteroatoms. The zero-order valence-electron chi connectivity index (χ0n) is 13.0. The summed E-state index contributed by atoms with van der Waals surface area (Å²) in [6.45, 7) is 8.75. The SMILES string of the molecule is CCOCCN(CCOCC)C(=O)c1ccc(F)cc1C. The number of nitrogens with zero attached hydrogens (tertiary/aromatic N) is 1. The molecule has 0 atom stereocenters. The van der Waals surface area contributed by atoms with Crippen LogP contribution in [-0.2, 0) is 9.47 Å². The van der Waals surface area contributed by atoms with Gasteiger partial charge in [0.15, 0.2) is 0 Å². The lowest BCUT2D eigenvalue weighted by molar-refractivity contribution is 0.0549. The average Bonchev–Trinajstić information content (AvgIpc) is 2.45. The molecule has 4 nitrogen and oxygen atoms in total. The first-order valence-electron chi connectivity index (χ1n) is 7.31. The quantitative estimate of drug-likeness (QED) is 0.658. The molecule has 21 heavy (non-hydrogen) atoms. The first-order chi connectivity index (χ1) is 10.1. The van der Waals surface area contributed by atoms with E-state index in [1.54, 1.807) is 11.8 Å². The van der Waals surface area contributed by atoms with E-state index in [9.17, 15) is 9.18 Å². The van der Waals surface area contributed by atoms with Gasteiger partial charge in [0.05, 0.1) is 13.2 Å². The molecule has 0 unspecified atom stereocenters. The second-order valence-corrected chi connectivity index (χ2v) is 4.65. The van der Waals surface area contributed by atoms with E-state index in [1.165, 1.54) is 18.2 Å². The van der Waals surface area contributed by atoms with Crippen LogP contribution in [0.1, 0.15) is 29.8 Å². The molecular weight excluding hydrogens is 273 g/mol. The third-order valence-corrected chi connectivity index (χ3v) is 3.13. The number of aryl methyl sites for hydroxylation is 1. The molecule has 0 aliphatic carbocycles. The summed E-state index contributed by atoms with van der Waals surface area (Å²) in [7, 11) is 0. The van der Waals surface area contributed by atoms with Crippen molar-refractivity contribution in [2.75, 3.05) is 39.5 Å². The Morgan fingerprint density at radius 1 is 1.14 bits per heavy atom. The maximum atomic E-state index is 13.1. The van der Waals surface area contributed by atoms with Crippen LogP contribution in [0, 0.1) is 12.7 Å². The molecule has 118 valence electrons. The lowest BCUT2D eigenvalue weighted by Gasteiger charge is -2.23. The Morgan fingerprint density at radius 2 is 1.71 bits per heavy atom. The first-order valence-corrected chi connectivity index (χ1v) is 7.31. The van der Waals surface area contributed by atoms with Gasteiger partial charge in [-0.15, -0.1) is 0 Å². The second-order valence-electron chi connectivity index (χ2n) is 4.65. The van der Waals surface area contributed by atoms with E-state index in [-0.39, 0.29) is 11.7 Å². The van der Waals surface area contributed by atoms with Crippen molar-refractivity contribution in [2.24, 2.45) is 0 Å². The zero-order chi connectivity index (χ0) is 15.7. The molecule has 0 radical (unpaired) electrons. The fourth-order valence-electron chi connectivity index (χ4n) is 1.99. The number of benzene rings is 1. The highest BCUT2D eigenvalue weighted by Crippen LogP contribution is 2.13. The highest BCUT2D eigenvalue weighted by molar-refractivity contribution is 5.95. The Balaban J connectivity index is 2.76. The zero-order valence-corrected chi connectivity index (χ0v) is 13.0. The van der Waals surface area contributed by atoms with Crippen LogP contribution in [0.2, 0.25) is 0 Å². The molecular formula is C16H24FNO3. The summed E-state index contributed by atoms with van der Waals surface area (Å²) in [5, 5.41) is 0. The molecule has 1 aromatic rings. The Hall–Kier alpha value is -1.46. The largest absolute Gasteiger partial charge is 0.380 e. The fraction of sp³-hybridized carbons (Fsp3) is 0.562. The van der Waals surface area contributed by atoms with Crippen molar-refractivity contribution in [1.29, 1.82) is 0 Å². The summed E-state index contributed by atoms with van der Waals surface area (Å²) >= 11 is 0. The minimum Gasteiger partial charge on any atom is -0.380 e. The predicted octanol–water partition coefficient (Wildman–Crippen LogP) is 2.65. The van der Waals surface area contributed by atoms with Gasteiger partial charge in [0.25, 0.3) is 5.91 Å². The topological polar surface area (TPSA) is 38.8 Å². The molecule has 0 N–H and O–H groups in total. The molecule has 0 aliphatic heterocycles. The number of carbonyl (C=O) groups is 1. The van der Waals surface area contributed by atoms with Gasteiger partial charge in [-0.05, 0) is 44.5 Å². The summed E-state index contributed by atoms with van der Waals surface area (Å²) in [5.74, 6) is -0.453. The number of ether oxygens (including phenoxy) is 2. The minimum absolute atomic E-state index is 0.119. The number of rotatable bonds is 9. The molecule has 1 rings (SSSR count). The number of hydrogen-bond donors (Lipinski definition) is 0. The van der Waals surface area contributed by atoms with Crippen molar-refractivity contribution < 1.29 is 18.7 Å². The highest BCUT2D eigenvalue weighted by atomic mass is 19.1. The Morgan fingerprint density at radius 3 is 2.19 bits per heavy atom. The van der Waals surface area contributed by atoms with Crippen molar-refractivity contribution in [2.45, 2.75) is 20.8 Å². The van der Waals surface area contributed by atoms with Gasteiger partial charge in [-0.3, -0.25) is 4.79 Å². The van der Waals surface area contributed by atoms with Gasteiger partial charge in [-0.1, -0.05) is 0 Å². The molecule has 0 aliphatic rings. The van der Waals surface area contributed by atoms with E-state index < -0.39 is 0 Å².